The molecule has 10 heteroatoms. The number of hydrogen-bond donors (Lipinski definition) is 2. The fraction of sp³-hybridized carbons (Fsp3) is 0.632. The second-order valence-corrected chi connectivity index (χ2v) is 21.9. The Balaban J connectivity index is 2.11. The van der Waals surface area contributed by atoms with E-state index in [1.807, 2.05) is 107 Å². The fourth-order valence-electron chi connectivity index (χ4n) is 4.93. The first kappa shape index (κ1) is 42.3. The number of rotatable bonds is 12. The van der Waals surface area contributed by atoms with Crippen LogP contribution in [0.4, 0.5) is 0 Å². The lowest BCUT2D eigenvalue weighted by atomic mass is 9.79. The van der Waals surface area contributed by atoms with E-state index in [0.717, 1.165) is 32.0 Å². The highest BCUT2D eigenvalue weighted by atomic mass is 32.2. The average molecular weight is 722 g/mol. The molecular formula is C38H58O7PS2+. The Morgan fingerprint density at radius 3 is 0.979 bits per heavy atom. The van der Waals surface area contributed by atoms with Crippen LogP contribution in [0.5, 0.6) is 11.5 Å². The molecule has 2 aromatic carbocycles. The van der Waals surface area contributed by atoms with Crippen molar-refractivity contribution in [2.24, 2.45) is 0 Å². The molecule has 0 amide bonds. The first-order valence-corrected chi connectivity index (χ1v) is 19.0. The van der Waals surface area contributed by atoms with E-state index in [2.05, 4.69) is 0 Å². The maximum absolute atomic E-state index is 13.3. The zero-order valence-corrected chi connectivity index (χ0v) is 34.5. The van der Waals surface area contributed by atoms with Gasteiger partial charge in [-0.15, -0.1) is 32.6 Å². The second kappa shape index (κ2) is 14.8. The van der Waals surface area contributed by atoms with Gasteiger partial charge in [0.05, 0.1) is 9.49 Å². The standard InChI is InChI=1S/C38H57O7PS2/c1-33(2,3)25-17-23(18-26(31(25)41)34(4,5)6)47-37(13,14)29(39)21-44-46(43)45-22-30(40)38(15,16)48-24-19-27(35(7,8)9)32(42)28(20-24)36(10,11)12/h17-20H,21-22H2,1-16H3,(H-,41,42)/p+1. The Hall–Kier alpha value is -1.90. The molecule has 48 heavy (non-hydrogen) atoms. The molecular weight excluding hydrogens is 664 g/mol. The van der Waals surface area contributed by atoms with Gasteiger partial charge in [0.1, 0.15) is 11.5 Å². The molecule has 2 aromatic rings. The predicted molar refractivity (Wildman–Crippen MR) is 200 cm³/mol. The third kappa shape index (κ3) is 11.1. The molecule has 0 aliphatic carbocycles. The molecule has 0 saturated carbocycles. The molecule has 2 N–H and O–H groups in total. The third-order valence-electron chi connectivity index (χ3n) is 8.09. The van der Waals surface area contributed by atoms with Crippen molar-refractivity contribution in [3.63, 3.8) is 0 Å². The number of carbonyl (C=O) groups is 2. The SMILES string of the molecule is CC(C)(Sc1cc(C(C)(C)C)c(O)c(C(C)(C)C)c1)C(=O)CO[P+](=O)OCC(=O)C(C)(C)Sc1cc(C(C)(C)C)c(O)c(C(C)(C)C)c1. The number of aromatic hydroxyl groups is 2. The van der Waals surface area contributed by atoms with E-state index in [4.69, 9.17) is 9.05 Å². The van der Waals surface area contributed by atoms with Crippen molar-refractivity contribution in [1.29, 1.82) is 0 Å². The van der Waals surface area contributed by atoms with Crippen LogP contribution in [0, 0.1) is 0 Å². The van der Waals surface area contributed by atoms with Crippen LogP contribution >= 0.6 is 31.8 Å². The lowest BCUT2D eigenvalue weighted by molar-refractivity contribution is -0.123. The van der Waals surface area contributed by atoms with Crippen LogP contribution in [0.15, 0.2) is 34.1 Å². The molecule has 0 aliphatic heterocycles. The van der Waals surface area contributed by atoms with E-state index < -0.39 is 31.0 Å². The number of phenols is 2. The summed E-state index contributed by atoms with van der Waals surface area (Å²) >= 11 is 2.71. The van der Waals surface area contributed by atoms with Gasteiger partial charge in [-0.1, -0.05) is 83.1 Å². The average Bonchev–Trinajstić information content (AvgIpc) is 2.89. The first-order valence-electron chi connectivity index (χ1n) is 16.3. The normalized spacial score (nSPS) is 13.5. The van der Waals surface area contributed by atoms with Crippen LogP contribution in [-0.2, 0) is 44.9 Å². The quantitative estimate of drug-likeness (QED) is 0.163. The van der Waals surface area contributed by atoms with Crippen molar-refractivity contribution in [1.82, 2.24) is 0 Å². The summed E-state index contributed by atoms with van der Waals surface area (Å²) in [4.78, 5) is 28.2. The fourth-order valence-corrected chi connectivity index (χ4v) is 7.68. The molecule has 268 valence electrons. The predicted octanol–water partition coefficient (Wildman–Crippen LogP) is 10.6. The van der Waals surface area contributed by atoms with E-state index >= 15 is 0 Å². The Morgan fingerprint density at radius 2 is 0.771 bits per heavy atom. The van der Waals surface area contributed by atoms with Gasteiger partial charge >= 0.3 is 8.25 Å². The minimum Gasteiger partial charge on any atom is -0.507 e. The third-order valence-corrected chi connectivity index (χ3v) is 11.2. The largest absolute Gasteiger partial charge is 0.698 e. The molecule has 2 rings (SSSR count). The van der Waals surface area contributed by atoms with Crippen molar-refractivity contribution in [2.45, 2.75) is 152 Å². The van der Waals surface area contributed by atoms with Crippen LogP contribution in [0.2, 0.25) is 0 Å². The van der Waals surface area contributed by atoms with Crippen molar-refractivity contribution in [3.05, 3.63) is 46.5 Å². The number of hydrogen-bond acceptors (Lipinski definition) is 9. The number of carbonyl (C=O) groups excluding carboxylic acids is 2. The summed E-state index contributed by atoms with van der Waals surface area (Å²) in [7, 11) is -2.73. The molecule has 0 bridgehead atoms. The van der Waals surface area contributed by atoms with E-state index in [9.17, 15) is 24.4 Å². The lowest BCUT2D eigenvalue weighted by Crippen LogP contribution is -2.32. The highest BCUT2D eigenvalue weighted by molar-refractivity contribution is 8.01. The molecule has 0 atom stereocenters. The van der Waals surface area contributed by atoms with Gasteiger partial charge in [0.25, 0.3) is 0 Å². The van der Waals surface area contributed by atoms with Gasteiger partial charge in [0.2, 0.25) is 0 Å². The minimum absolute atomic E-state index is 0.268. The summed E-state index contributed by atoms with van der Waals surface area (Å²) in [6.45, 7) is 30.6. The van der Waals surface area contributed by atoms with Crippen molar-refractivity contribution in [3.8, 4) is 11.5 Å². The van der Waals surface area contributed by atoms with Gasteiger partial charge in [0.15, 0.2) is 24.8 Å². The molecule has 0 spiro atoms. The maximum Gasteiger partial charge on any atom is 0.698 e. The van der Waals surface area contributed by atoms with Crippen molar-refractivity contribution in [2.75, 3.05) is 13.2 Å². The molecule has 7 nitrogen and oxygen atoms in total. The topological polar surface area (TPSA) is 110 Å². The van der Waals surface area contributed by atoms with Crippen molar-refractivity contribution >= 4 is 43.3 Å². The zero-order valence-electron chi connectivity index (χ0n) is 31.9. The molecule has 0 unspecified atom stereocenters. The number of thioether (sulfide) groups is 2. The van der Waals surface area contributed by atoms with Crippen LogP contribution in [0.3, 0.4) is 0 Å². The lowest BCUT2D eigenvalue weighted by Gasteiger charge is -2.29. The van der Waals surface area contributed by atoms with Gasteiger partial charge in [-0.25, -0.2) is 0 Å². The number of benzene rings is 2. The molecule has 0 aromatic heterocycles. The van der Waals surface area contributed by atoms with E-state index in [0.29, 0.717) is 0 Å². The van der Waals surface area contributed by atoms with E-state index in [-0.39, 0.29) is 44.7 Å². The van der Waals surface area contributed by atoms with Crippen LogP contribution < -0.4 is 0 Å². The highest BCUT2D eigenvalue weighted by Crippen LogP contribution is 2.46. The van der Waals surface area contributed by atoms with E-state index in [1.165, 1.54) is 23.5 Å². The molecule has 0 radical (unpaired) electrons. The summed E-state index contributed by atoms with van der Waals surface area (Å²) in [6.07, 6.45) is 0. The highest BCUT2D eigenvalue weighted by Gasteiger charge is 2.37. The molecule has 0 heterocycles. The Labute approximate surface area is 298 Å². The Bertz CT molecular complexity index is 1350. The van der Waals surface area contributed by atoms with Gasteiger partial charge in [-0.3, -0.25) is 9.59 Å². The summed E-state index contributed by atoms with van der Waals surface area (Å²) in [5.41, 5.74) is 1.95. The number of Topliss-reactive ketones (excluding diaryl/α,β-unsaturated/α-hetero) is 2. The Kier molecular flexibility index (Phi) is 13.0. The maximum atomic E-state index is 13.3. The second-order valence-electron chi connectivity index (χ2n) is 17.6. The monoisotopic (exact) mass is 721 g/mol. The van der Waals surface area contributed by atoms with Crippen molar-refractivity contribution < 1.29 is 33.4 Å². The Morgan fingerprint density at radius 1 is 0.542 bits per heavy atom. The van der Waals surface area contributed by atoms with E-state index in [1.54, 1.807) is 27.7 Å². The van der Waals surface area contributed by atoms with Crippen LogP contribution in [0.25, 0.3) is 0 Å². The summed E-state index contributed by atoms with van der Waals surface area (Å²) < 4.78 is 21.4. The summed E-state index contributed by atoms with van der Waals surface area (Å²) in [5.74, 6) is -0.0455. The zero-order chi connectivity index (χ0) is 37.4. The van der Waals surface area contributed by atoms with Gasteiger partial charge < -0.3 is 10.2 Å². The van der Waals surface area contributed by atoms with Gasteiger partial charge in [-0.2, -0.15) is 0 Å². The van der Waals surface area contributed by atoms with Gasteiger partial charge in [-0.05, 0) is 73.6 Å². The molecule has 0 fully saturated rings. The summed E-state index contributed by atoms with van der Waals surface area (Å²) in [5, 5.41) is 22.1. The minimum atomic E-state index is -2.73. The molecule has 0 saturated heterocycles. The smallest absolute Gasteiger partial charge is 0.507 e. The number of phenolic OH excluding ortho intramolecular Hbond substituents is 2. The first-order chi connectivity index (χ1) is 21.4. The van der Waals surface area contributed by atoms with Crippen LogP contribution in [-0.4, -0.2) is 44.5 Å². The van der Waals surface area contributed by atoms with Crippen LogP contribution in [0.1, 0.15) is 133 Å². The van der Waals surface area contributed by atoms with Gasteiger partial charge in [0, 0.05) is 36.6 Å². The number of ketones is 2. The molecule has 0 aliphatic rings. The summed E-state index contributed by atoms with van der Waals surface area (Å²) in [6, 6.07) is 7.69.